The van der Waals surface area contributed by atoms with E-state index in [1.54, 1.807) is 0 Å². The van der Waals surface area contributed by atoms with Crippen molar-refractivity contribution < 1.29 is 9.53 Å². The summed E-state index contributed by atoms with van der Waals surface area (Å²) in [5.41, 5.74) is 0.839. The van der Waals surface area contributed by atoms with Gasteiger partial charge in [-0.2, -0.15) is 0 Å². The average Bonchev–Trinajstić information content (AvgIpc) is 3.19. The molecule has 27 heavy (non-hydrogen) atoms. The molecule has 1 saturated carbocycles. The topological polar surface area (TPSA) is 69.0 Å². The van der Waals surface area contributed by atoms with E-state index in [0.717, 1.165) is 49.6 Å². The molecule has 6 heteroatoms. The Labute approximate surface area is 159 Å². The number of carbonyl (C=O) groups excluding carboxylic acids is 1. The Morgan fingerprint density at radius 3 is 3.04 bits per heavy atom. The molecule has 3 aliphatic rings. The summed E-state index contributed by atoms with van der Waals surface area (Å²) in [7, 11) is 0. The van der Waals surface area contributed by atoms with Crippen LogP contribution in [-0.4, -0.2) is 26.3 Å². The van der Waals surface area contributed by atoms with Crippen molar-refractivity contribution >= 4 is 5.91 Å². The van der Waals surface area contributed by atoms with Gasteiger partial charge in [0.05, 0.1) is 6.54 Å². The highest BCUT2D eigenvalue weighted by atomic mass is 16.5. The lowest BCUT2D eigenvalue weighted by Gasteiger charge is -2.38. The molecule has 142 valence electrons. The van der Waals surface area contributed by atoms with E-state index in [4.69, 9.17) is 4.74 Å². The predicted molar refractivity (Wildman–Crippen MR) is 100 cm³/mol. The number of para-hydroxylation sites is 1. The quantitative estimate of drug-likeness (QED) is 0.907. The molecule has 0 saturated heterocycles. The van der Waals surface area contributed by atoms with Gasteiger partial charge in [0.2, 0.25) is 5.91 Å². The van der Waals surface area contributed by atoms with Crippen LogP contribution >= 0.6 is 0 Å². The molecule has 1 aromatic carbocycles. The molecule has 1 N–H and O–H groups in total. The van der Waals surface area contributed by atoms with Crippen LogP contribution in [0.5, 0.6) is 5.75 Å². The molecule has 5 rings (SSSR count). The third-order valence-corrected chi connectivity index (χ3v) is 6.30. The van der Waals surface area contributed by atoms with E-state index in [1.165, 1.54) is 12.0 Å². The summed E-state index contributed by atoms with van der Waals surface area (Å²) in [6.07, 6.45) is 5.07. The number of fused-ring (bicyclic) bond motifs is 3. The van der Waals surface area contributed by atoms with E-state index in [2.05, 4.69) is 40.0 Å². The lowest BCUT2D eigenvalue weighted by atomic mass is 9.80. The number of amides is 1. The van der Waals surface area contributed by atoms with Gasteiger partial charge in [0.15, 0.2) is 5.82 Å². The standard InChI is InChI=1S/C21H26N4O2/c1-20(2)13-21(14-7-3-4-8-16(14)27-20)11-15(21)19(26)22-12-18-24-23-17-9-5-6-10-25(17)18/h3-4,7-8,15H,5-6,9-13H2,1-2H3,(H,22,26)/t15-,21+/m1/s1. The Hall–Kier alpha value is -2.37. The second kappa shape index (κ2) is 5.81. The van der Waals surface area contributed by atoms with Crippen LogP contribution in [0.25, 0.3) is 0 Å². The van der Waals surface area contributed by atoms with E-state index in [-0.39, 0.29) is 22.8 Å². The minimum Gasteiger partial charge on any atom is -0.488 e. The largest absolute Gasteiger partial charge is 0.488 e. The molecule has 1 spiro atoms. The van der Waals surface area contributed by atoms with Gasteiger partial charge in [-0.15, -0.1) is 10.2 Å². The Morgan fingerprint density at radius 1 is 1.30 bits per heavy atom. The van der Waals surface area contributed by atoms with Crippen LogP contribution in [0.2, 0.25) is 0 Å². The van der Waals surface area contributed by atoms with Gasteiger partial charge in [0.25, 0.3) is 0 Å². The summed E-state index contributed by atoms with van der Waals surface area (Å²) in [5, 5.41) is 11.7. The molecule has 6 nitrogen and oxygen atoms in total. The van der Waals surface area contributed by atoms with Gasteiger partial charge in [-0.3, -0.25) is 4.79 Å². The molecule has 0 bridgehead atoms. The van der Waals surface area contributed by atoms with E-state index < -0.39 is 0 Å². The highest BCUT2D eigenvalue weighted by Crippen LogP contribution is 2.63. The zero-order valence-corrected chi connectivity index (χ0v) is 16.0. The van der Waals surface area contributed by atoms with Crippen molar-refractivity contribution in [1.29, 1.82) is 0 Å². The minimum absolute atomic E-state index is 0.00516. The summed E-state index contributed by atoms with van der Waals surface area (Å²) in [4.78, 5) is 13.0. The van der Waals surface area contributed by atoms with E-state index in [0.29, 0.717) is 6.54 Å². The number of aryl methyl sites for hydroxylation is 1. The van der Waals surface area contributed by atoms with E-state index >= 15 is 0 Å². The summed E-state index contributed by atoms with van der Waals surface area (Å²) in [5.74, 6) is 2.98. The van der Waals surface area contributed by atoms with Crippen molar-refractivity contribution in [2.24, 2.45) is 5.92 Å². The van der Waals surface area contributed by atoms with Crippen molar-refractivity contribution in [3.8, 4) is 5.75 Å². The zero-order valence-electron chi connectivity index (χ0n) is 16.0. The van der Waals surface area contributed by atoms with E-state index in [9.17, 15) is 4.79 Å². The van der Waals surface area contributed by atoms with E-state index in [1.807, 2.05) is 18.2 Å². The smallest absolute Gasteiger partial charge is 0.224 e. The van der Waals surface area contributed by atoms with Crippen LogP contribution in [0.1, 0.15) is 56.7 Å². The van der Waals surface area contributed by atoms with Crippen LogP contribution < -0.4 is 10.1 Å². The number of carbonyl (C=O) groups is 1. The molecule has 3 heterocycles. The number of ether oxygens (including phenoxy) is 1. The summed E-state index contributed by atoms with van der Waals surface area (Å²) in [6, 6.07) is 8.18. The zero-order chi connectivity index (χ0) is 18.6. The molecule has 2 aromatic rings. The van der Waals surface area contributed by atoms with Gasteiger partial charge in [-0.25, -0.2) is 0 Å². The summed E-state index contributed by atoms with van der Waals surface area (Å²) < 4.78 is 8.32. The number of nitrogens with zero attached hydrogens (tertiary/aromatic N) is 3. The molecule has 2 atom stereocenters. The lowest BCUT2D eigenvalue weighted by Crippen LogP contribution is -2.40. The monoisotopic (exact) mass is 366 g/mol. The van der Waals surface area contributed by atoms with Crippen molar-refractivity contribution in [3.63, 3.8) is 0 Å². The minimum atomic E-state index is -0.255. The number of hydrogen-bond acceptors (Lipinski definition) is 4. The molecule has 0 unspecified atom stereocenters. The third kappa shape index (κ3) is 2.73. The number of rotatable bonds is 3. The molecule has 0 radical (unpaired) electrons. The van der Waals surface area contributed by atoms with Crippen LogP contribution in [0.15, 0.2) is 24.3 Å². The van der Waals surface area contributed by atoms with Gasteiger partial charge in [0, 0.05) is 29.9 Å². The van der Waals surface area contributed by atoms with Crippen molar-refractivity contribution in [2.45, 2.75) is 70.1 Å². The molecule has 1 amide bonds. The Bertz CT molecular complexity index is 903. The first kappa shape index (κ1) is 16.8. The Kier molecular flexibility index (Phi) is 3.61. The third-order valence-electron chi connectivity index (χ3n) is 6.30. The maximum atomic E-state index is 13.0. The van der Waals surface area contributed by atoms with Gasteiger partial charge in [0.1, 0.15) is 17.2 Å². The van der Waals surface area contributed by atoms with Crippen LogP contribution in [0, 0.1) is 5.92 Å². The van der Waals surface area contributed by atoms with Gasteiger partial charge >= 0.3 is 0 Å². The Morgan fingerprint density at radius 2 is 2.15 bits per heavy atom. The fourth-order valence-electron chi connectivity index (χ4n) is 5.09. The highest BCUT2D eigenvalue weighted by molar-refractivity contribution is 5.85. The molecule has 1 aliphatic carbocycles. The normalized spacial score (nSPS) is 27.4. The summed E-state index contributed by atoms with van der Waals surface area (Å²) >= 11 is 0. The number of benzene rings is 1. The first-order valence-electron chi connectivity index (χ1n) is 9.96. The number of nitrogens with one attached hydrogen (secondary N) is 1. The molecule has 1 fully saturated rings. The lowest BCUT2D eigenvalue weighted by molar-refractivity contribution is -0.123. The number of hydrogen-bond donors (Lipinski definition) is 1. The maximum absolute atomic E-state index is 13.0. The van der Waals surface area contributed by atoms with Crippen LogP contribution in [0.3, 0.4) is 0 Å². The SMILES string of the molecule is CC1(C)C[C@@]2(C[C@@H]2C(=O)NCc2nnc3n2CCCC3)c2ccccc2O1. The highest BCUT2D eigenvalue weighted by Gasteiger charge is 2.63. The summed E-state index contributed by atoms with van der Waals surface area (Å²) in [6.45, 7) is 5.64. The first-order valence-corrected chi connectivity index (χ1v) is 9.96. The van der Waals surface area contributed by atoms with Crippen molar-refractivity contribution in [1.82, 2.24) is 20.1 Å². The second-order valence-corrected chi connectivity index (χ2v) is 8.81. The van der Waals surface area contributed by atoms with Crippen LogP contribution in [-0.2, 0) is 29.7 Å². The molecular weight excluding hydrogens is 340 g/mol. The number of aromatic nitrogens is 3. The predicted octanol–water partition coefficient (Wildman–Crippen LogP) is 2.75. The first-order chi connectivity index (χ1) is 13.0. The van der Waals surface area contributed by atoms with Crippen LogP contribution in [0.4, 0.5) is 0 Å². The van der Waals surface area contributed by atoms with Gasteiger partial charge in [-0.1, -0.05) is 18.2 Å². The van der Waals surface area contributed by atoms with Crippen molar-refractivity contribution in [3.05, 3.63) is 41.5 Å². The Balaban J connectivity index is 1.32. The maximum Gasteiger partial charge on any atom is 0.224 e. The van der Waals surface area contributed by atoms with Gasteiger partial charge < -0.3 is 14.6 Å². The fraction of sp³-hybridized carbons (Fsp3) is 0.571. The molecule has 2 aliphatic heterocycles. The van der Waals surface area contributed by atoms with Crippen molar-refractivity contribution in [2.75, 3.05) is 0 Å². The van der Waals surface area contributed by atoms with Gasteiger partial charge in [-0.05, 0) is 45.6 Å². The average molecular weight is 366 g/mol. The second-order valence-electron chi connectivity index (χ2n) is 8.81. The molecule has 1 aromatic heterocycles. The molecular formula is C21H26N4O2. The fourth-order valence-corrected chi connectivity index (χ4v) is 5.09.